The highest BCUT2D eigenvalue weighted by Crippen LogP contribution is 2.03. The van der Waals surface area contributed by atoms with E-state index in [2.05, 4.69) is 0 Å². The van der Waals surface area contributed by atoms with E-state index >= 15 is 0 Å². The number of nitrogens with zero attached hydrogens (tertiary/aromatic N) is 2. The molecule has 1 atom stereocenters. The maximum absolute atomic E-state index is 8.58. The first-order valence-electron chi connectivity index (χ1n) is 3.20. The molecular formula is C6H10N3O-. The maximum Gasteiger partial charge on any atom is 0.0924 e. The van der Waals surface area contributed by atoms with Gasteiger partial charge in [0, 0.05) is 12.4 Å². The molecule has 0 aromatic carbocycles. The third-order valence-corrected chi connectivity index (χ3v) is 1.53. The van der Waals surface area contributed by atoms with Gasteiger partial charge in [-0.15, -0.1) is 6.34 Å². The van der Waals surface area contributed by atoms with Gasteiger partial charge in [-0.3, -0.25) is 0 Å². The van der Waals surface area contributed by atoms with Crippen LogP contribution in [-0.4, -0.2) is 36.3 Å². The van der Waals surface area contributed by atoms with Gasteiger partial charge in [0.1, 0.15) is 0 Å². The van der Waals surface area contributed by atoms with Crippen LogP contribution in [0.4, 0.5) is 0 Å². The Hall–Kier alpha value is -0.900. The van der Waals surface area contributed by atoms with Gasteiger partial charge in [-0.25, -0.2) is 0 Å². The van der Waals surface area contributed by atoms with Crippen molar-refractivity contribution in [3.8, 4) is 0 Å². The fraction of sp³-hybridized carbons (Fsp3) is 0.667. The first-order chi connectivity index (χ1) is 4.75. The Morgan fingerprint density at radius 1 is 1.90 bits per heavy atom. The fourth-order valence-electron chi connectivity index (χ4n) is 0.881. The lowest BCUT2D eigenvalue weighted by atomic mass is 10.3. The Morgan fingerprint density at radius 3 is 3.10 bits per heavy atom. The fourth-order valence-corrected chi connectivity index (χ4v) is 0.881. The molecule has 56 valence electrons. The number of amidine groups is 1. The van der Waals surface area contributed by atoms with Crippen LogP contribution in [0.2, 0.25) is 0 Å². The standard InChI is InChI=1S/C6H10N3O/c1-5-6(8)9(4-7)2-3-10-5/h4-5,8H,2-3H2,1H3/q-1/t5-/m0/s1. The molecule has 1 heterocycles. The van der Waals surface area contributed by atoms with Crippen LogP contribution in [0.25, 0.3) is 5.41 Å². The summed E-state index contributed by atoms with van der Waals surface area (Å²) in [5.41, 5.74) is 0. The van der Waals surface area contributed by atoms with Crippen molar-refractivity contribution in [3.63, 3.8) is 0 Å². The zero-order valence-electron chi connectivity index (χ0n) is 5.87. The van der Waals surface area contributed by atoms with Crippen molar-refractivity contribution in [2.24, 2.45) is 0 Å². The van der Waals surface area contributed by atoms with Gasteiger partial charge in [0.2, 0.25) is 0 Å². The third kappa shape index (κ3) is 1.16. The van der Waals surface area contributed by atoms with Crippen molar-refractivity contribution in [1.82, 2.24) is 4.90 Å². The minimum Gasteiger partial charge on any atom is -0.472 e. The van der Waals surface area contributed by atoms with E-state index in [9.17, 15) is 0 Å². The average Bonchev–Trinajstić information content (AvgIpc) is 1.95. The van der Waals surface area contributed by atoms with Crippen molar-refractivity contribution in [3.05, 3.63) is 5.41 Å². The average molecular weight is 140 g/mol. The van der Waals surface area contributed by atoms with Crippen molar-refractivity contribution in [2.75, 3.05) is 13.2 Å². The third-order valence-electron chi connectivity index (χ3n) is 1.53. The van der Waals surface area contributed by atoms with E-state index in [1.807, 2.05) is 0 Å². The molecule has 1 aliphatic rings. The van der Waals surface area contributed by atoms with Gasteiger partial charge < -0.3 is 20.5 Å². The summed E-state index contributed by atoms with van der Waals surface area (Å²) in [6.07, 6.45) is 0.721. The van der Waals surface area contributed by atoms with Gasteiger partial charge in [-0.2, -0.15) is 0 Å². The van der Waals surface area contributed by atoms with Crippen LogP contribution in [0.1, 0.15) is 6.92 Å². The van der Waals surface area contributed by atoms with E-state index in [1.165, 1.54) is 4.90 Å². The van der Waals surface area contributed by atoms with E-state index in [0.717, 1.165) is 6.34 Å². The van der Waals surface area contributed by atoms with Crippen LogP contribution in [0, 0.1) is 5.41 Å². The molecule has 1 rings (SSSR count). The summed E-state index contributed by atoms with van der Waals surface area (Å²) in [7, 11) is 0. The summed E-state index contributed by atoms with van der Waals surface area (Å²) < 4.78 is 5.12. The number of hydrogen-bond donors (Lipinski definition) is 1. The molecule has 4 nitrogen and oxygen atoms in total. The molecule has 0 aliphatic carbocycles. The zero-order chi connectivity index (χ0) is 7.56. The monoisotopic (exact) mass is 140 g/mol. The van der Waals surface area contributed by atoms with Crippen LogP contribution in [0.5, 0.6) is 0 Å². The molecule has 1 N–H and O–H groups in total. The molecule has 0 amide bonds. The Labute approximate surface area is 59.8 Å². The van der Waals surface area contributed by atoms with Gasteiger partial charge in [0.25, 0.3) is 0 Å². The summed E-state index contributed by atoms with van der Waals surface area (Å²) >= 11 is 0. The van der Waals surface area contributed by atoms with Crippen LogP contribution in [-0.2, 0) is 4.74 Å². The molecular weight excluding hydrogens is 130 g/mol. The topological polar surface area (TPSA) is 58.6 Å². The summed E-state index contributed by atoms with van der Waals surface area (Å²) in [5, 5.41) is 15.9. The Balaban J connectivity index is 2.59. The van der Waals surface area contributed by atoms with Gasteiger partial charge in [-0.1, -0.05) is 0 Å². The van der Waals surface area contributed by atoms with Crippen molar-refractivity contribution < 1.29 is 4.74 Å². The summed E-state index contributed by atoms with van der Waals surface area (Å²) in [5.74, 6) is 0.314. The van der Waals surface area contributed by atoms with Crippen molar-refractivity contribution in [2.45, 2.75) is 13.0 Å². The summed E-state index contributed by atoms with van der Waals surface area (Å²) in [6, 6.07) is 0. The molecule has 0 aromatic heterocycles. The lowest BCUT2D eigenvalue weighted by molar-refractivity contribution is 0.0766. The first kappa shape index (κ1) is 7.21. The number of nitrogens with one attached hydrogen (secondary N) is 1. The maximum atomic E-state index is 8.58. The Kier molecular flexibility index (Phi) is 2.01. The van der Waals surface area contributed by atoms with Gasteiger partial charge in [0.05, 0.1) is 6.10 Å². The van der Waals surface area contributed by atoms with Gasteiger partial charge >= 0.3 is 0 Å². The SMILES string of the molecule is C[C@@H]1OCCN(C=[N-])C1=N. The van der Waals surface area contributed by atoms with Crippen molar-refractivity contribution >= 4 is 12.2 Å². The molecule has 0 bridgehead atoms. The second-order valence-electron chi connectivity index (χ2n) is 2.21. The molecule has 0 unspecified atom stereocenters. The minimum atomic E-state index is -0.197. The number of hydrogen-bond acceptors (Lipinski definition) is 2. The number of rotatable bonds is 1. The molecule has 4 heteroatoms. The van der Waals surface area contributed by atoms with Crippen molar-refractivity contribution in [1.29, 1.82) is 5.41 Å². The second kappa shape index (κ2) is 2.79. The van der Waals surface area contributed by atoms with E-state index in [0.29, 0.717) is 19.0 Å². The molecule has 0 saturated carbocycles. The molecule has 0 aromatic rings. The highest BCUT2D eigenvalue weighted by atomic mass is 16.5. The van der Waals surface area contributed by atoms with Crippen LogP contribution < -0.4 is 0 Å². The summed E-state index contributed by atoms with van der Waals surface area (Å²) in [6.45, 7) is 2.93. The Morgan fingerprint density at radius 2 is 2.60 bits per heavy atom. The minimum absolute atomic E-state index is 0.197. The van der Waals surface area contributed by atoms with E-state index in [1.54, 1.807) is 6.92 Å². The van der Waals surface area contributed by atoms with Gasteiger partial charge in [-0.05, 0) is 13.5 Å². The highest BCUT2D eigenvalue weighted by Gasteiger charge is 2.14. The normalized spacial score (nSPS) is 26.7. The molecule has 0 radical (unpaired) electrons. The zero-order valence-corrected chi connectivity index (χ0v) is 5.87. The van der Waals surface area contributed by atoms with E-state index < -0.39 is 0 Å². The molecule has 1 fully saturated rings. The first-order valence-corrected chi connectivity index (χ1v) is 3.20. The smallest absolute Gasteiger partial charge is 0.0924 e. The lowest BCUT2D eigenvalue weighted by Gasteiger charge is -2.36. The lowest BCUT2D eigenvalue weighted by Crippen LogP contribution is -2.44. The number of ether oxygens (including phenoxy) is 1. The molecule has 1 saturated heterocycles. The van der Waals surface area contributed by atoms with E-state index in [-0.39, 0.29) is 6.10 Å². The molecule has 1 aliphatic heterocycles. The predicted octanol–water partition coefficient (Wildman–Crippen LogP) is 0.282. The van der Waals surface area contributed by atoms with E-state index in [4.69, 9.17) is 15.6 Å². The molecule has 10 heavy (non-hydrogen) atoms. The van der Waals surface area contributed by atoms with Crippen LogP contribution in [0.3, 0.4) is 0 Å². The van der Waals surface area contributed by atoms with Crippen LogP contribution in [0.15, 0.2) is 0 Å². The second-order valence-corrected chi connectivity index (χ2v) is 2.21. The predicted molar refractivity (Wildman–Crippen MR) is 39.3 cm³/mol. The molecule has 0 spiro atoms. The quantitative estimate of drug-likeness (QED) is 0.420. The van der Waals surface area contributed by atoms with Crippen LogP contribution >= 0.6 is 0 Å². The summed E-state index contributed by atoms with van der Waals surface area (Å²) in [4.78, 5) is 1.47. The highest BCUT2D eigenvalue weighted by molar-refractivity contribution is 5.93. The number of morpholine rings is 1. The van der Waals surface area contributed by atoms with Gasteiger partial charge in [0.15, 0.2) is 0 Å². The largest absolute Gasteiger partial charge is 0.472 e. The Bertz CT molecular complexity index is 157.